The normalized spacial score (nSPS) is 45.1. The predicted molar refractivity (Wildman–Crippen MR) is 102 cm³/mol. The minimum atomic E-state index is -1.81. The number of cyclic esters (lactones) is 1. The number of ketones is 1. The molecule has 6 atom stereocenters. The van der Waals surface area contributed by atoms with E-state index in [1.165, 1.54) is 14.0 Å². The van der Waals surface area contributed by atoms with Crippen LogP contribution in [-0.4, -0.2) is 58.8 Å². The van der Waals surface area contributed by atoms with Gasteiger partial charge in [-0.2, -0.15) is 0 Å². The number of allylic oxidation sites excluding steroid dienone is 1. The first-order chi connectivity index (χ1) is 12.9. The number of carbonyl (C=O) groups excluding carboxylic acids is 2. The Morgan fingerprint density at radius 1 is 1.29 bits per heavy atom. The molecule has 0 aromatic carbocycles. The summed E-state index contributed by atoms with van der Waals surface area (Å²) < 4.78 is 16.8. The highest BCUT2D eigenvalue weighted by atomic mass is 16.7. The Bertz CT molecular complexity index is 641. The molecule has 4 unspecified atom stereocenters. The molecule has 0 aromatic heterocycles. The SMILES string of the molecule is CC[C@@H]1OC(=O)[C@H](C)C(=O)C2(O)COC(OC)(CC(C)C/C(C)=C/C1(C)O)C2. The van der Waals surface area contributed by atoms with Crippen molar-refractivity contribution in [1.29, 1.82) is 0 Å². The number of hydrogen-bond acceptors (Lipinski definition) is 7. The second kappa shape index (κ2) is 8.22. The number of hydrogen-bond donors (Lipinski definition) is 2. The summed E-state index contributed by atoms with van der Waals surface area (Å²) in [5.74, 6) is -3.57. The molecule has 1 fully saturated rings. The number of methoxy groups -OCH3 is 1. The fraction of sp³-hybridized carbons (Fsp3) is 0.810. The van der Waals surface area contributed by atoms with Gasteiger partial charge in [-0.05, 0) is 39.5 Å². The van der Waals surface area contributed by atoms with Crippen LogP contribution in [0.1, 0.15) is 60.3 Å². The van der Waals surface area contributed by atoms with Gasteiger partial charge < -0.3 is 24.4 Å². The van der Waals surface area contributed by atoms with Gasteiger partial charge in [0.25, 0.3) is 0 Å². The molecule has 0 spiro atoms. The van der Waals surface area contributed by atoms with E-state index in [0.29, 0.717) is 19.3 Å². The number of Topliss-reactive ketones (excluding diaryl/α,β-unsaturated/α-hetero) is 1. The smallest absolute Gasteiger partial charge is 0.316 e. The van der Waals surface area contributed by atoms with Gasteiger partial charge in [-0.25, -0.2) is 0 Å². The summed E-state index contributed by atoms with van der Waals surface area (Å²) in [5.41, 5.74) is -2.23. The van der Waals surface area contributed by atoms with Crippen LogP contribution < -0.4 is 0 Å². The number of fused-ring (bicyclic) bond motifs is 2. The number of esters is 1. The molecule has 0 radical (unpaired) electrons. The van der Waals surface area contributed by atoms with Crippen LogP contribution in [0.15, 0.2) is 11.6 Å². The van der Waals surface area contributed by atoms with Gasteiger partial charge in [0.2, 0.25) is 0 Å². The molecule has 2 rings (SSSR count). The Labute approximate surface area is 167 Å². The molecular formula is C21H34O7. The van der Waals surface area contributed by atoms with Crippen LogP contribution in [0.3, 0.4) is 0 Å². The van der Waals surface area contributed by atoms with Crippen LogP contribution in [0.4, 0.5) is 0 Å². The van der Waals surface area contributed by atoms with E-state index in [2.05, 4.69) is 0 Å². The van der Waals surface area contributed by atoms with Crippen LogP contribution >= 0.6 is 0 Å². The zero-order valence-corrected chi connectivity index (χ0v) is 17.8. The summed E-state index contributed by atoms with van der Waals surface area (Å²) in [6, 6.07) is 0. The molecule has 0 aliphatic carbocycles. The molecule has 7 nitrogen and oxygen atoms in total. The third-order valence-electron chi connectivity index (χ3n) is 5.86. The van der Waals surface area contributed by atoms with Crippen LogP contribution in [0, 0.1) is 11.8 Å². The van der Waals surface area contributed by atoms with Crippen molar-refractivity contribution in [3.63, 3.8) is 0 Å². The Morgan fingerprint density at radius 3 is 2.50 bits per heavy atom. The van der Waals surface area contributed by atoms with Crippen molar-refractivity contribution in [2.45, 2.75) is 83.4 Å². The fourth-order valence-electron chi connectivity index (χ4n) is 4.47. The van der Waals surface area contributed by atoms with Crippen molar-refractivity contribution < 1.29 is 34.0 Å². The molecule has 2 aliphatic rings. The van der Waals surface area contributed by atoms with Crippen LogP contribution in [0.25, 0.3) is 0 Å². The van der Waals surface area contributed by atoms with Crippen molar-refractivity contribution in [2.24, 2.45) is 11.8 Å². The van der Waals surface area contributed by atoms with E-state index in [0.717, 1.165) is 5.57 Å². The summed E-state index contributed by atoms with van der Waals surface area (Å²) in [6.07, 6.45) is 2.42. The lowest BCUT2D eigenvalue weighted by molar-refractivity contribution is -0.203. The van der Waals surface area contributed by atoms with Gasteiger partial charge in [0, 0.05) is 20.0 Å². The molecule has 2 N–H and O–H groups in total. The van der Waals surface area contributed by atoms with Gasteiger partial charge in [-0.3, -0.25) is 9.59 Å². The zero-order valence-electron chi connectivity index (χ0n) is 17.8. The highest BCUT2D eigenvalue weighted by Crippen LogP contribution is 2.41. The second-order valence-electron chi connectivity index (χ2n) is 8.76. The molecule has 1 saturated heterocycles. The molecular weight excluding hydrogens is 364 g/mol. The third kappa shape index (κ3) is 4.64. The van der Waals surface area contributed by atoms with E-state index in [4.69, 9.17) is 14.2 Å². The maximum absolute atomic E-state index is 12.9. The predicted octanol–water partition coefficient (Wildman–Crippen LogP) is 2.13. The van der Waals surface area contributed by atoms with Crippen LogP contribution in [0.2, 0.25) is 0 Å². The lowest BCUT2D eigenvalue weighted by Crippen LogP contribution is -2.48. The van der Waals surface area contributed by atoms with Crippen LogP contribution in [-0.2, 0) is 23.8 Å². The van der Waals surface area contributed by atoms with Crippen molar-refractivity contribution in [1.82, 2.24) is 0 Å². The highest BCUT2D eigenvalue weighted by Gasteiger charge is 2.55. The topological polar surface area (TPSA) is 102 Å². The minimum Gasteiger partial charge on any atom is -0.458 e. The fourth-order valence-corrected chi connectivity index (χ4v) is 4.47. The highest BCUT2D eigenvalue weighted by molar-refractivity contribution is 6.03. The van der Waals surface area contributed by atoms with Gasteiger partial charge >= 0.3 is 5.97 Å². The number of ether oxygens (including phenoxy) is 3. The van der Waals surface area contributed by atoms with Gasteiger partial charge in [-0.1, -0.05) is 25.5 Å². The average molecular weight is 398 g/mol. The molecule has 0 saturated carbocycles. The standard InChI is InChI=1S/C21H34O7/c1-7-16-19(5,24)9-13(2)8-14(3)10-21(26-6)11-20(25,12-27-21)17(22)15(4)18(23)28-16/h9,14-16,24-25H,7-8,10-12H2,1-6H3/b13-9+/t14?,15-,16+,19?,20?,21?/m1/s1. The number of carbonyl (C=O) groups is 2. The van der Waals surface area contributed by atoms with Gasteiger partial charge in [0.05, 0.1) is 6.61 Å². The lowest BCUT2D eigenvalue weighted by atomic mass is 9.83. The zero-order chi connectivity index (χ0) is 21.3. The Morgan fingerprint density at radius 2 is 1.93 bits per heavy atom. The monoisotopic (exact) mass is 398 g/mol. The van der Waals surface area contributed by atoms with Gasteiger partial charge in [-0.15, -0.1) is 0 Å². The minimum absolute atomic E-state index is 0.0328. The molecule has 0 aromatic rings. The van der Waals surface area contributed by atoms with Crippen molar-refractivity contribution in [3.05, 3.63) is 11.6 Å². The molecule has 2 aliphatic heterocycles. The number of aliphatic hydroxyl groups is 2. The van der Waals surface area contributed by atoms with E-state index in [1.807, 2.05) is 13.8 Å². The maximum Gasteiger partial charge on any atom is 0.316 e. The molecule has 28 heavy (non-hydrogen) atoms. The Hall–Kier alpha value is -1.28. The molecule has 0 amide bonds. The molecule has 7 heteroatoms. The third-order valence-corrected chi connectivity index (χ3v) is 5.86. The van der Waals surface area contributed by atoms with E-state index >= 15 is 0 Å². The number of rotatable bonds is 2. The molecule has 2 heterocycles. The van der Waals surface area contributed by atoms with Crippen molar-refractivity contribution in [3.8, 4) is 0 Å². The summed E-state index contributed by atoms with van der Waals surface area (Å²) in [7, 11) is 1.49. The van der Waals surface area contributed by atoms with Gasteiger partial charge in [0.15, 0.2) is 17.2 Å². The van der Waals surface area contributed by atoms with E-state index < -0.39 is 40.8 Å². The Kier molecular flexibility index (Phi) is 6.76. The first-order valence-corrected chi connectivity index (χ1v) is 9.95. The second-order valence-corrected chi connectivity index (χ2v) is 8.76. The van der Waals surface area contributed by atoms with Gasteiger partial charge in [0.1, 0.15) is 17.6 Å². The average Bonchev–Trinajstić information content (AvgIpc) is 2.94. The molecule has 160 valence electrons. The summed E-state index contributed by atoms with van der Waals surface area (Å²) in [6.45, 7) is 8.53. The molecule has 2 bridgehead atoms. The van der Waals surface area contributed by atoms with Crippen molar-refractivity contribution in [2.75, 3.05) is 13.7 Å². The maximum atomic E-state index is 12.9. The quantitative estimate of drug-likeness (QED) is 0.417. The lowest BCUT2D eigenvalue weighted by Gasteiger charge is -2.33. The van der Waals surface area contributed by atoms with E-state index in [9.17, 15) is 19.8 Å². The first kappa shape index (κ1) is 23.0. The van der Waals surface area contributed by atoms with Crippen LogP contribution in [0.5, 0.6) is 0 Å². The Balaban J connectivity index is 2.45. The van der Waals surface area contributed by atoms with E-state index in [-0.39, 0.29) is 18.9 Å². The van der Waals surface area contributed by atoms with Crippen molar-refractivity contribution >= 4 is 11.8 Å². The largest absolute Gasteiger partial charge is 0.458 e. The van der Waals surface area contributed by atoms with E-state index in [1.54, 1.807) is 19.9 Å². The first-order valence-electron chi connectivity index (χ1n) is 9.95. The summed E-state index contributed by atoms with van der Waals surface area (Å²) in [4.78, 5) is 25.5. The summed E-state index contributed by atoms with van der Waals surface area (Å²) in [5, 5.41) is 21.8. The summed E-state index contributed by atoms with van der Waals surface area (Å²) >= 11 is 0.